The van der Waals surface area contributed by atoms with Gasteiger partial charge in [-0.1, -0.05) is 30.7 Å². The van der Waals surface area contributed by atoms with Gasteiger partial charge in [-0.25, -0.2) is 9.97 Å². The number of aliphatic hydroxyl groups excluding tert-OH is 1. The van der Waals surface area contributed by atoms with E-state index in [9.17, 15) is 9.90 Å². The Hall–Kier alpha value is -2.26. The lowest BCUT2D eigenvalue weighted by Gasteiger charge is -2.39. The van der Waals surface area contributed by atoms with Crippen molar-refractivity contribution in [2.24, 2.45) is 0 Å². The van der Waals surface area contributed by atoms with E-state index in [4.69, 9.17) is 11.6 Å². The van der Waals surface area contributed by atoms with Gasteiger partial charge in [0.25, 0.3) is 0 Å². The topological polar surface area (TPSA) is 93.6 Å². The maximum absolute atomic E-state index is 13.7. The Morgan fingerprint density at radius 3 is 2.60 bits per heavy atom. The van der Waals surface area contributed by atoms with Crippen LogP contribution in [0.4, 0.5) is 5.82 Å². The van der Waals surface area contributed by atoms with Gasteiger partial charge >= 0.3 is 0 Å². The molecule has 2 aromatic rings. The fourth-order valence-electron chi connectivity index (χ4n) is 5.66. The van der Waals surface area contributed by atoms with Gasteiger partial charge in [0.2, 0.25) is 5.91 Å². The molecule has 1 amide bonds. The molecule has 0 spiro atoms. The summed E-state index contributed by atoms with van der Waals surface area (Å²) in [6.07, 6.45) is 4.43. The number of fused-ring (bicyclic) bond motifs is 1. The molecule has 1 aromatic heterocycles. The minimum atomic E-state index is -0.515. The Morgan fingerprint density at radius 1 is 1.17 bits per heavy atom. The number of anilines is 1. The molecule has 9 heteroatoms. The van der Waals surface area contributed by atoms with Crippen LogP contribution >= 0.6 is 11.6 Å². The van der Waals surface area contributed by atoms with E-state index in [2.05, 4.69) is 32.4 Å². The average Bonchev–Trinajstić information content (AvgIpc) is 3.18. The number of amides is 1. The quantitative estimate of drug-likeness (QED) is 0.562. The molecule has 8 nitrogen and oxygen atoms in total. The monoisotopic (exact) mass is 498 g/mol. The second-order valence-electron chi connectivity index (χ2n) is 10.0. The molecule has 5 rings (SSSR count). The lowest BCUT2D eigenvalue weighted by atomic mass is 10.00. The smallest absolute Gasteiger partial charge is 0.240 e. The number of piperidine rings is 1. The van der Waals surface area contributed by atoms with E-state index in [1.807, 2.05) is 29.2 Å². The molecule has 1 aromatic carbocycles. The number of nitrogens with zero attached hydrogens (tertiary/aromatic N) is 4. The summed E-state index contributed by atoms with van der Waals surface area (Å²) in [6.45, 7) is 6.83. The van der Waals surface area contributed by atoms with Crippen molar-refractivity contribution in [2.45, 2.75) is 56.7 Å². The fourth-order valence-corrected chi connectivity index (χ4v) is 5.79. The van der Waals surface area contributed by atoms with Crippen LogP contribution in [0.2, 0.25) is 5.02 Å². The SMILES string of the molecule is C[C@@H]1C[C@@H](O)c2ncnc(N3CCN(C(=O)C(Cc4ccc(Cl)cc4)NC4CCNCC4)CC3)c21. The molecule has 1 unspecified atom stereocenters. The van der Waals surface area contributed by atoms with Gasteiger partial charge in [0.1, 0.15) is 12.1 Å². The van der Waals surface area contributed by atoms with Gasteiger partial charge in [0, 0.05) is 42.8 Å². The maximum atomic E-state index is 13.7. The number of hydrogen-bond acceptors (Lipinski definition) is 7. The molecule has 35 heavy (non-hydrogen) atoms. The standard InChI is InChI=1S/C26H35ClN6O2/c1-17-14-22(34)24-23(17)25(30-16-29-24)32-10-12-33(13-11-32)26(35)21(31-20-6-8-28-9-7-20)15-18-2-4-19(27)5-3-18/h2-5,16-17,20-22,28,31,34H,6-15H2,1H3/t17-,21?,22-/m1/s1. The third-order valence-electron chi connectivity index (χ3n) is 7.60. The van der Waals surface area contributed by atoms with Crippen LogP contribution in [0.1, 0.15) is 55.0 Å². The van der Waals surface area contributed by atoms with E-state index in [1.54, 1.807) is 6.33 Å². The Balaban J connectivity index is 1.27. The van der Waals surface area contributed by atoms with Crippen molar-refractivity contribution in [1.29, 1.82) is 0 Å². The number of piperazine rings is 1. The summed E-state index contributed by atoms with van der Waals surface area (Å²) in [4.78, 5) is 26.9. The number of nitrogens with one attached hydrogen (secondary N) is 2. The van der Waals surface area contributed by atoms with Gasteiger partial charge in [-0.2, -0.15) is 0 Å². The first-order chi connectivity index (χ1) is 17.0. The van der Waals surface area contributed by atoms with Gasteiger partial charge in [0.15, 0.2) is 0 Å². The number of carbonyl (C=O) groups excluding carboxylic acids is 1. The van der Waals surface area contributed by atoms with E-state index in [1.165, 1.54) is 0 Å². The predicted molar refractivity (Wildman–Crippen MR) is 137 cm³/mol. The Kier molecular flexibility index (Phi) is 7.53. The van der Waals surface area contributed by atoms with Crippen LogP contribution in [0.3, 0.4) is 0 Å². The molecule has 1 aliphatic carbocycles. The van der Waals surface area contributed by atoms with Crippen LogP contribution in [0, 0.1) is 0 Å². The van der Waals surface area contributed by atoms with Crippen molar-refractivity contribution in [3.05, 3.63) is 52.4 Å². The zero-order chi connectivity index (χ0) is 24.4. The molecule has 0 saturated carbocycles. The second-order valence-corrected chi connectivity index (χ2v) is 10.5. The molecule has 3 aliphatic rings. The minimum absolute atomic E-state index is 0.162. The van der Waals surface area contributed by atoms with Gasteiger partial charge in [0.05, 0.1) is 17.8 Å². The minimum Gasteiger partial charge on any atom is -0.387 e. The van der Waals surface area contributed by atoms with Gasteiger partial charge in [-0.3, -0.25) is 4.79 Å². The molecule has 0 bridgehead atoms. The Bertz CT molecular complexity index is 1020. The van der Waals surface area contributed by atoms with Crippen molar-refractivity contribution < 1.29 is 9.90 Å². The van der Waals surface area contributed by atoms with Crippen LogP contribution in [-0.4, -0.2) is 77.2 Å². The number of carbonyl (C=O) groups is 1. The first-order valence-electron chi connectivity index (χ1n) is 12.8. The van der Waals surface area contributed by atoms with E-state index in [0.29, 0.717) is 37.0 Å². The lowest BCUT2D eigenvalue weighted by molar-refractivity contribution is -0.134. The Morgan fingerprint density at radius 2 is 1.89 bits per heavy atom. The fraction of sp³-hybridized carbons (Fsp3) is 0.577. The molecular formula is C26H35ClN6O2. The molecule has 3 heterocycles. The van der Waals surface area contributed by atoms with E-state index in [0.717, 1.165) is 61.7 Å². The van der Waals surface area contributed by atoms with Crippen molar-refractivity contribution in [3.63, 3.8) is 0 Å². The molecule has 3 atom stereocenters. The summed E-state index contributed by atoms with van der Waals surface area (Å²) in [7, 11) is 0. The summed E-state index contributed by atoms with van der Waals surface area (Å²) < 4.78 is 0. The van der Waals surface area contributed by atoms with E-state index >= 15 is 0 Å². The van der Waals surface area contributed by atoms with Crippen LogP contribution in [0.15, 0.2) is 30.6 Å². The third kappa shape index (κ3) is 5.45. The van der Waals surface area contributed by atoms with E-state index in [-0.39, 0.29) is 17.9 Å². The number of aliphatic hydroxyl groups is 1. The number of benzene rings is 1. The normalized spacial score (nSPS) is 23.9. The number of halogens is 1. The number of aromatic nitrogens is 2. The summed E-state index contributed by atoms with van der Waals surface area (Å²) in [5, 5.41) is 18.1. The molecule has 0 radical (unpaired) electrons. The second kappa shape index (κ2) is 10.8. The number of hydrogen-bond donors (Lipinski definition) is 3. The van der Waals surface area contributed by atoms with Gasteiger partial charge in [-0.05, 0) is 62.4 Å². The Labute approximate surface area is 212 Å². The summed E-state index contributed by atoms with van der Waals surface area (Å²) >= 11 is 6.08. The van der Waals surface area contributed by atoms with Crippen LogP contribution in [0.25, 0.3) is 0 Å². The maximum Gasteiger partial charge on any atom is 0.240 e. The highest BCUT2D eigenvalue weighted by Gasteiger charge is 2.35. The van der Waals surface area contributed by atoms with Gasteiger partial charge < -0.3 is 25.5 Å². The summed E-state index contributed by atoms with van der Waals surface area (Å²) in [5.74, 6) is 1.31. The van der Waals surface area contributed by atoms with Crippen molar-refractivity contribution >= 4 is 23.3 Å². The van der Waals surface area contributed by atoms with Crippen molar-refractivity contribution in [1.82, 2.24) is 25.5 Å². The number of rotatable bonds is 6. The highest BCUT2D eigenvalue weighted by Crippen LogP contribution is 2.42. The first-order valence-corrected chi connectivity index (χ1v) is 13.1. The molecule has 2 aliphatic heterocycles. The molecule has 188 valence electrons. The van der Waals surface area contributed by atoms with Crippen molar-refractivity contribution in [3.8, 4) is 0 Å². The largest absolute Gasteiger partial charge is 0.387 e. The van der Waals surface area contributed by atoms with Gasteiger partial charge in [-0.15, -0.1) is 0 Å². The summed E-state index contributed by atoms with van der Waals surface area (Å²) in [5.41, 5.74) is 2.93. The van der Waals surface area contributed by atoms with Crippen LogP contribution in [-0.2, 0) is 11.2 Å². The lowest BCUT2D eigenvalue weighted by Crippen LogP contribution is -2.57. The predicted octanol–water partition coefficient (Wildman–Crippen LogP) is 2.27. The molecular weight excluding hydrogens is 464 g/mol. The van der Waals surface area contributed by atoms with Crippen molar-refractivity contribution in [2.75, 3.05) is 44.2 Å². The first kappa shape index (κ1) is 24.4. The molecule has 2 fully saturated rings. The zero-order valence-electron chi connectivity index (χ0n) is 20.3. The van der Waals surface area contributed by atoms with E-state index < -0.39 is 6.10 Å². The highest BCUT2D eigenvalue weighted by molar-refractivity contribution is 6.30. The molecule has 3 N–H and O–H groups in total. The third-order valence-corrected chi connectivity index (χ3v) is 7.85. The highest BCUT2D eigenvalue weighted by atomic mass is 35.5. The summed E-state index contributed by atoms with van der Waals surface area (Å²) in [6, 6.07) is 7.88. The van der Waals surface area contributed by atoms with Crippen LogP contribution in [0.5, 0.6) is 0 Å². The zero-order valence-corrected chi connectivity index (χ0v) is 21.0. The molecule has 2 saturated heterocycles. The average molecular weight is 499 g/mol. The van der Waals surface area contributed by atoms with Crippen LogP contribution < -0.4 is 15.5 Å².